The zero-order valence-corrected chi connectivity index (χ0v) is 15.5. The third-order valence-corrected chi connectivity index (χ3v) is 4.62. The number of furan rings is 1. The Labute approximate surface area is 162 Å². The maximum atomic E-state index is 13.3. The number of carbonyl (C=O) groups is 2. The average molecular weight is 389 g/mol. The van der Waals surface area contributed by atoms with Crippen molar-refractivity contribution in [1.29, 1.82) is 0 Å². The van der Waals surface area contributed by atoms with Gasteiger partial charge in [0.05, 0.1) is 25.5 Å². The van der Waals surface area contributed by atoms with Crippen molar-refractivity contribution in [3.63, 3.8) is 0 Å². The van der Waals surface area contributed by atoms with Crippen LogP contribution in [0.5, 0.6) is 0 Å². The lowest BCUT2D eigenvalue weighted by molar-refractivity contribution is -0.121. The lowest BCUT2D eigenvalue weighted by atomic mass is 10.0. The average Bonchev–Trinajstić information content (AvgIpc) is 3.25. The summed E-state index contributed by atoms with van der Waals surface area (Å²) in [6.45, 7) is 3.36. The van der Waals surface area contributed by atoms with E-state index in [1.807, 2.05) is 0 Å². The van der Waals surface area contributed by atoms with Crippen LogP contribution in [-0.4, -0.2) is 56.1 Å². The molecular weight excluding hydrogens is 365 g/mol. The molecule has 1 aliphatic heterocycles. The molecule has 1 aromatic carbocycles. The van der Waals surface area contributed by atoms with Gasteiger partial charge in [-0.15, -0.1) is 0 Å². The van der Waals surface area contributed by atoms with Crippen LogP contribution in [0.15, 0.2) is 47.1 Å². The highest BCUT2D eigenvalue weighted by molar-refractivity contribution is 5.91. The summed E-state index contributed by atoms with van der Waals surface area (Å²) in [5.41, 5.74) is 0.940. The van der Waals surface area contributed by atoms with E-state index in [9.17, 15) is 14.0 Å². The van der Waals surface area contributed by atoms with Gasteiger partial charge >= 0.3 is 0 Å². The van der Waals surface area contributed by atoms with E-state index < -0.39 is 0 Å². The topological polar surface area (TPSA) is 83.8 Å². The van der Waals surface area contributed by atoms with Crippen LogP contribution in [0.25, 0.3) is 0 Å². The number of morpholine rings is 1. The van der Waals surface area contributed by atoms with Crippen LogP contribution in [0.3, 0.4) is 0 Å². The third-order valence-electron chi connectivity index (χ3n) is 4.62. The summed E-state index contributed by atoms with van der Waals surface area (Å²) < 4.78 is 23.7. The second kappa shape index (κ2) is 10.0. The molecule has 0 spiro atoms. The van der Waals surface area contributed by atoms with Gasteiger partial charge in [-0.1, -0.05) is 12.1 Å². The molecule has 1 atom stereocenters. The zero-order chi connectivity index (χ0) is 19.8. The number of amides is 2. The molecule has 2 aromatic rings. The molecule has 1 aliphatic rings. The molecule has 2 heterocycles. The van der Waals surface area contributed by atoms with Crippen LogP contribution >= 0.6 is 0 Å². The first-order chi connectivity index (χ1) is 13.6. The molecule has 8 heteroatoms. The Bertz CT molecular complexity index is 758. The van der Waals surface area contributed by atoms with E-state index in [2.05, 4.69) is 15.5 Å². The summed E-state index contributed by atoms with van der Waals surface area (Å²) in [5.74, 6) is -0.597. The van der Waals surface area contributed by atoms with Gasteiger partial charge in [-0.25, -0.2) is 4.39 Å². The van der Waals surface area contributed by atoms with E-state index in [-0.39, 0.29) is 42.4 Å². The number of hydrogen-bond donors (Lipinski definition) is 2. The molecule has 28 heavy (non-hydrogen) atoms. The van der Waals surface area contributed by atoms with Crippen molar-refractivity contribution in [3.8, 4) is 0 Å². The molecule has 150 valence electrons. The number of carbonyl (C=O) groups excluding carboxylic acids is 2. The van der Waals surface area contributed by atoms with Crippen LogP contribution in [0.2, 0.25) is 0 Å². The molecule has 0 saturated carbocycles. The molecule has 0 bridgehead atoms. The van der Waals surface area contributed by atoms with Crippen LogP contribution in [0.4, 0.5) is 4.39 Å². The van der Waals surface area contributed by atoms with Gasteiger partial charge in [0.15, 0.2) is 5.76 Å². The predicted molar refractivity (Wildman–Crippen MR) is 100 cm³/mol. The fraction of sp³-hybridized carbons (Fsp3) is 0.400. The van der Waals surface area contributed by atoms with Crippen LogP contribution in [0.1, 0.15) is 28.6 Å². The number of nitrogens with zero attached hydrogens (tertiary/aromatic N) is 1. The van der Waals surface area contributed by atoms with Gasteiger partial charge in [0.1, 0.15) is 5.82 Å². The van der Waals surface area contributed by atoms with Gasteiger partial charge in [-0.2, -0.15) is 0 Å². The number of ether oxygens (including phenoxy) is 1. The number of benzene rings is 1. The number of halogens is 1. The highest BCUT2D eigenvalue weighted by Gasteiger charge is 2.23. The molecule has 7 nitrogen and oxygen atoms in total. The van der Waals surface area contributed by atoms with Gasteiger partial charge in [-0.05, 0) is 29.8 Å². The monoisotopic (exact) mass is 389 g/mol. The number of nitrogens with one attached hydrogen (secondary N) is 2. The Kier molecular flexibility index (Phi) is 7.16. The minimum atomic E-state index is -0.352. The highest BCUT2D eigenvalue weighted by Crippen LogP contribution is 2.21. The van der Waals surface area contributed by atoms with Gasteiger partial charge in [0.2, 0.25) is 5.91 Å². The normalized spacial score (nSPS) is 15.8. The minimum Gasteiger partial charge on any atom is -0.459 e. The fourth-order valence-corrected chi connectivity index (χ4v) is 3.12. The fourth-order valence-electron chi connectivity index (χ4n) is 3.12. The van der Waals surface area contributed by atoms with E-state index in [4.69, 9.17) is 9.15 Å². The summed E-state index contributed by atoms with van der Waals surface area (Å²) in [6.07, 6.45) is 1.58. The Morgan fingerprint density at radius 2 is 1.86 bits per heavy atom. The van der Waals surface area contributed by atoms with Crippen molar-refractivity contribution in [2.45, 2.75) is 12.5 Å². The molecule has 1 unspecified atom stereocenters. The van der Waals surface area contributed by atoms with Crippen LogP contribution in [0, 0.1) is 5.82 Å². The van der Waals surface area contributed by atoms with E-state index in [1.165, 1.54) is 18.4 Å². The summed E-state index contributed by atoms with van der Waals surface area (Å²) in [5, 5.41) is 5.55. The van der Waals surface area contributed by atoms with Gasteiger partial charge in [0.25, 0.3) is 5.91 Å². The second-order valence-corrected chi connectivity index (χ2v) is 6.50. The molecular formula is C20H24FN3O4. The molecule has 2 N–H and O–H groups in total. The SMILES string of the molecule is O=C(CCNC(=O)c1ccco1)NCC(c1ccc(F)cc1)N1CCOCC1. The summed E-state index contributed by atoms with van der Waals surface area (Å²) in [7, 11) is 0. The van der Waals surface area contributed by atoms with Crippen molar-refractivity contribution in [2.75, 3.05) is 39.4 Å². The standard InChI is InChI=1S/C20H24FN3O4/c21-16-5-3-15(4-6-16)17(24-9-12-27-13-10-24)14-23-19(25)7-8-22-20(26)18-2-1-11-28-18/h1-6,11,17H,7-10,12-14H2,(H,22,26)(H,23,25). The van der Waals surface area contributed by atoms with Crippen LogP contribution < -0.4 is 10.6 Å². The quantitative estimate of drug-likeness (QED) is 0.718. The molecule has 2 amide bonds. The van der Waals surface area contributed by atoms with Gasteiger partial charge in [-0.3, -0.25) is 14.5 Å². The van der Waals surface area contributed by atoms with Gasteiger partial charge in [0, 0.05) is 32.6 Å². The smallest absolute Gasteiger partial charge is 0.286 e. The lowest BCUT2D eigenvalue weighted by Crippen LogP contribution is -2.44. The Morgan fingerprint density at radius 3 is 2.54 bits per heavy atom. The van der Waals surface area contributed by atoms with E-state index in [0.29, 0.717) is 19.8 Å². The molecule has 0 aliphatic carbocycles. The maximum Gasteiger partial charge on any atom is 0.286 e. The summed E-state index contributed by atoms with van der Waals surface area (Å²) in [6, 6.07) is 9.46. The first kappa shape index (κ1) is 20.0. The van der Waals surface area contributed by atoms with E-state index in [0.717, 1.165) is 18.7 Å². The van der Waals surface area contributed by atoms with Crippen molar-refractivity contribution in [2.24, 2.45) is 0 Å². The van der Waals surface area contributed by atoms with Crippen molar-refractivity contribution < 1.29 is 23.1 Å². The van der Waals surface area contributed by atoms with E-state index in [1.54, 1.807) is 24.3 Å². The Balaban J connectivity index is 1.50. The molecule has 0 radical (unpaired) electrons. The molecule has 3 rings (SSSR count). The van der Waals surface area contributed by atoms with Gasteiger partial charge < -0.3 is 19.8 Å². The zero-order valence-electron chi connectivity index (χ0n) is 15.5. The van der Waals surface area contributed by atoms with Crippen LogP contribution in [-0.2, 0) is 9.53 Å². The lowest BCUT2D eigenvalue weighted by Gasteiger charge is -2.35. The Hall–Kier alpha value is -2.71. The maximum absolute atomic E-state index is 13.3. The largest absolute Gasteiger partial charge is 0.459 e. The summed E-state index contributed by atoms with van der Waals surface area (Å²) in [4.78, 5) is 26.2. The van der Waals surface area contributed by atoms with Crippen molar-refractivity contribution >= 4 is 11.8 Å². The molecule has 1 fully saturated rings. The predicted octanol–water partition coefficient (Wildman–Crippen LogP) is 1.73. The third kappa shape index (κ3) is 5.64. The first-order valence-electron chi connectivity index (χ1n) is 9.29. The molecule has 1 saturated heterocycles. The molecule has 1 aromatic heterocycles. The summed E-state index contributed by atoms with van der Waals surface area (Å²) >= 11 is 0. The first-order valence-corrected chi connectivity index (χ1v) is 9.29. The number of rotatable bonds is 8. The minimum absolute atomic E-state index is 0.0637. The highest BCUT2D eigenvalue weighted by atomic mass is 19.1. The second-order valence-electron chi connectivity index (χ2n) is 6.50. The Morgan fingerprint density at radius 1 is 1.11 bits per heavy atom. The van der Waals surface area contributed by atoms with Crippen molar-refractivity contribution in [1.82, 2.24) is 15.5 Å². The number of hydrogen-bond acceptors (Lipinski definition) is 5. The van der Waals surface area contributed by atoms with Crippen molar-refractivity contribution in [3.05, 3.63) is 59.8 Å². The van der Waals surface area contributed by atoms with E-state index >= 15 is 0 Å².